The molecule has 1 aromatic heterocycles. The van der Waals surface area contributed by atoms with Crippen molar-refractivity contribution in [2.45, 2.75) is 60.6 Å². The van der Waals surface area contributed by atoms with E-state index in [0.717, 1.165) is 25.1 Å². The maximum absolute atomic E-state index is 6.17. The highest BCUT2D eigenvalue weighted by molar-refractivity contribution is 6.75. The van der Waals surface area contributed by atoms with Crippen molar-refractivity contribution in [3.05, 3.63) is 11.4 Å². The molecule has 0 spiro atoms. The molecule has 0 radical (unpaired) electrons. The van der Waals surface area contributed by atoms with Gasteiger partial charge in [0.1, 0.15) is 5.69 Å². The Balaban J connectivity index is 2.92. The zero-order valence-corrected chi connectivity index (χ0v) is 15.3. The lowest BCUT2D eigenvalue weighted by Crippen LogP contribution is -2.30. The van der Waals surface area contributed by atoms with E-state index < -0.39 is 8.13 Å². The van der Waals surface area contributed by atoms with Crippen LogP contribution >= 0.6 is 58.0 Å². The highest BCUT2D eigenvalue weighted by Gasteiger charge is 2.50. The predicted octanol–water partition coefficient (Wildman–Crippen LogP) is 5.42. The van der Waals surface area contributed by atoms with Crippen molar-refractivity contribution < 1.29 is 0 Å². The molecule has 0 bridgehead atoms. The van der Waals surface area contributed by atoms with E-state index in [2.05, 4.69) is 17.2 Å². The van der Waals surface area contributed by atoms with Gasteiger partial charge in [-0.25, -0.2) is 4.68 Å². The van der Waals surface area contributed by atoms with Gasteiger partial charge < -0.3 is 0 Å². The molecule has 116 valence electrons. The molecule has 0 aliphatic carbocycles. The highest BCUT2D eigenvalue weighted by Crippen LogP contribution is 2.52. The molecule has 1 heterocycles. The summed E-state index contributed by atoms with van der Waals surface area (Å²) < 4.78 is -1.80. The third-order valence-electron chi connectivity index (χ3n) is 3.05. The van der Waals surface area contributed by atoms with Crippen LogP contribution in [0.25, 0.3) is 0 Å². The summed E-state index contributed by atoms with van der Waals surface area (Å²) in [6, 6.07) is 0. The van der Waals surface area contributed by atoms with E-state index in [1.54, 1.807) is 4.68 Å². The zero-order chi connectivity index (χ0) is 15.4. The highest BCUT2D eigenvalue weighted by atomic mass is 35.6. The number of halogens is 5. The second-order valence-electron chi connectivity index (χ2n) is 4.59. The maximum Gasteiger partial charge on any atom is 0.228 e. The Morgan fingerprint density at radius 1 is 1.00 bits per heavy atom. The average molecular weight is 382 g/mol. The Labute approximate surface area is 144 Å². The van der Waals surface area contributed by atoms with Crippen molar-refractivity contribution in [2.24, 2.45) is 0 Å². The van der Waals surface area contributed by atoms with Crippen LogP contribution in [-0.4, -0.2) is 18.8 Å². The molecule has 1 rings (SSSR count). The molecule has 0 N–H and O–H groups in total. The summed E-state index contributed by atoms with van der Waals surface area (Å²) in [5, 5.41) is 8.11. The van der Waals surface area contributed by atoms with E-state index in [-0.39, 0.29) is 0 Å². The lowest BCUT2D eigenvalue weighted by Gasteiger charge is -2.26. The van der Waals surface area contributed by atoms with E-state index in [0.29, 0.717) is 12.1 Å². The fourth-order valence-electron chi connectivity index (χ4n) is 1.93. The lowest BCUT2D eigenvalue weighted by atomic mass is 10.2. The topological polar surface area (TPSA) is 30.7 Å². The van der Waals surface area contributed by atoms with Gasteiger partial charge in [0.05, 0.1) is 5.69 Å². The Morgan fingerprint density at radius 3 is 2.15 bits per heavy atom. The maximum atomic E-state index is 6.17. The number of nitrogens with zero attached hydrogens (tertiary/aromatic N) is 3. The number of alkyl halides is 5. The van der Waals surface area contributed by atoms with Crippen molar-refractivity contribution in [1.29, 1.82) is 0 Å². The summed E-state index contributed by atoms with van der Waals surface area (Å²) in [4.78, 5) is 0. The van der Waals surface area contributed by atoms with E-state index in [4.69, 9.17) is 58.0 Å². The van der Waals surface area contributed by atoms with Crippen LogP contribution in [-0.2, 0) is 17.3 Å². The smallest absolute Gasteiger partial charge is 0.228 e. The quantitative estimate of drug-likeness (QED) is 0.466. The molecular weight excluding hydrogens is 363 g/mol. The second kappa shape index (κ2) is 7.73. The van der Waals surface area contributed by atoms with Gasteiger partial charge in [0.15, 0.2) is 0 Å². The van der Waals surface area contributed by atoms with Gasteiger partial charge in [-0.3, -0.25) is 0 Å². The molecule has 20 heavy (non-hydrogen) atoms. The number of hydrogen-bond donors (Lipinski definition) is 0. The first kappa shape index (κ1) is 18.6. The van der Waals surface area contributed by atoms with E-state index in [1.807, 2.05) is 6.92 Å². The van der Waals surface area contributed by atoms with Crippen LogP contribution in [0, 0.1) is 0 Å². The Hall–Kier alpha value is 0.590. The summed E-state index contributed by atoms with van der Waals surface area (Å²) in [7, 11) is 0. The minimum absolute atomic E-state index is 0.318. The van der Waals surface area contributed by atoms with Gasteiger partial charge in [-0.15, -0.1) is 5.10 Å². The van der Waals surface area contributed by atoms with Crippen LogP contribution < -0.4 is 0 Å². The Morgan fingerprint density at radius 2 is 1.65 bits per heavy atom. The lowest BCUT2D eigenvalue weighted by molar-refractivity contribution is 0.513. The molecule has 0 unspecified atom stereocenters. The monoisotopic (exact) mass is 379 g/mol. The minimum Gasteiger partial charge on any atom is -0.249 e. The second-order valence-corrected chi connectivity index (χ2v) is 8.20. The molecule has 0 saturated heterocycles. The average Bonchev–Trinajstić information content (AvgIpc) is 2.76. The minimum atomic E-state index is -1.87. The molecule has 0 amide bonds. The Bertz CT molecular complexity index is 425. The van der Waals surface area contributed by atoms with Gasteiger partial charge in [0.2, 0.25) is 8.13 Å². The summed E-state index contributed by atoms with van der Waals surface area (Å²) in [6.07, 6.45) is 5.22. The molecule has 0 aromatic carbocycles. The van der Waals surface area contributed by atoms with Gasteiger partial charge in [0.25, 0.3) is 0 Å². The molecule has 8 heteroatoms. The van der Waals surface area contributed by atoms with Gasteiger partial charge >= 0.3 is 0 Å². The fraction of sp³-hybridized carbons (Fsp3) is 0.833. The summed E-state index contributed by atoms with van der Waals surface area (Å²) >= 11 is 29.8. The van der Waals surface area contributed by atoms with Crippen LogP contribution in [0.3, 0.4) is 0 Å². The van der Waals surface area contributed by atoms with Crippen molar-refractivity contribution in [2.75, 3.05) is 0 Å². The van der Waals surface area contributed by atoms with Crippen molar-refractivity contribution in [3.8, 4) is 0 Å². The van der Waals surface area contributed by atoms with Crippen LogP contribution in [0.5, 0.6) is 0 Å². The fourth-order valence-corrected chi connectivity index (χ4v) is 2.49. The van der Waals surface area contributed by atoms with Crippen molar-refractivity contribution in [3.63, 3.8) is 0 Å². The molecule has 0 fully saturated rings. The first-order valence-corrected chi connectivity index (χ1v) is 8.52. The van der Waals surface area contributed by atoms with Crippen LogP contribution in [0.15, 0.2) is 0 Å². The van der Waals surface area contributed by atoms with Crippen molar-refractivity contribution >= 4 is 58.0 Å². The normalized spacial score (nSPS) is 12.9. The molecule has 0 atom stereocenters. The van der Waals surface area contributed by atoms with Crippen LogP contribution in [0.4, 0.5) is 0 Å². The summed E-state index contributed by atoms with van der Waals surface area (Å²) in [6.45, 7) is 4.90. The van der Waals surface area contributed by atoms with Crippen LogP contribution in [0.2, 0.25) is 0 Å². The molecule has 1 aromatic rings. The number of aromatic nitrogens is 3. The van der Waals surface area contributed by atoms with Gasteiger partial charge in [-0.2, -0.15) is 0 Å². The molecular formula is C12H18Cl5N3. The molecule has 0 aliphatic heterocycles. The third kappa shape index (κ3) is 4.30. The van der Waals surface area contributed by atoms with Crippen molar-refractivity contribution in [1.82, 2.24) is 15.0 Å². The van der Waals surface area contributed by atoms with Gasteiger partial charge in [-0.1, -0.05) is 96.3 Å². The standard InChI is InChI=1S/C12H18Cl5N3/c1-3-5-6-7-8-20-9(4-2)10(18-19-20)11(13,14)12(15,16)17/h3-8H2,1-2H3. The molecule has 3 nitrogen and oxygen atoms in total. The van der Waals surface area contributed by atoms with Crippen LogP contribution in [0.1, 0.15) is 50.9 Å². The predicted molar refractivity (Wildman–Crippen MR) is 87.2 cm³/mol. The third-order valence-corrected chi connectivity index (χ3v) is 5.41. The first-order chi connectivity index (χ1) is 9.25. The van der Waals surface area contributed by atoms with Gasteiger partial charge in [-0.05, 0) is 12.8 Å². The van der Waals surface area contributed by atoms with E-state index in [9.17, 15) is 0 Å². The molecule has 0 aliphatic rings. The largest absolute Gasteiger partial charge is 0.249 e. The summed E-state index contributed by atoms with van der Waals surface area (Å²) in [5.41, 5.74) is 1.12. The number of unbranched alkanes of at least 4 members (excludes halogenated alkanes) is 3. The first-order valence-electron chi connectivity index (χ1n) is 6.63. The zero-order valence-electron chi connectivity index (χ0n) is 11.5. The SMILES string of the molecule is CCCCCCn1nnc(C(Cl)(Cl)C(Cl)(Cl)Cl)c1CC. The van der Waals surface area contributed by atoms with E-state index >= 15 is 0 Å². The molecule has 0 saturated carbocycles. The van der Waals surface area contributed by atoms with Gasteiger partial charge in [0, 0.05) is 6.54 Å². The number of aryl methyl sites for hydroxylation is 1. The summed E-state index contributed by atoms with van der Waals surface area (Å²) in [5.74, 6) is 0. The Kier molecular flexibility index (Phi) is 7.21. The number of hydrogen-bond acceptors (Lipinski definition) is 2. The number of rotatable bonds is 7. The van der Waals surface area contributed by atoms with E-state index in [1.165, 1.54) is 12.8 Å².